The summed E-state index contributed by atoms with van der Waals surface area (Å²) < 4.78 is 6.00. The van der Waals surface area contributed by atoms with Crippen LogP contribution in [0.15, 0.2) is 23.3 Å². The molecular formula is C22H29NO2. The van der Waals surface area contributed by atoms with Crippen LogP contribution in [-0.2, 0) is 9.53 Å². The van der Waals surface area contributed by atoms with Crippen molar-refractivity contribution < 1.29 is 9.53 Å². The van der Waals surface area contributed by atoms with Crippen molar-refractivity contribution in [3.05, 3.63) is 23.3 Å². The number of carbonyl (C=O) groups excluding carboxylic acids is 1. The van der Waals surface area contributed by atoms with E-state index in [1.165, 1.54) is 18.4 Å². The topological polar surface area (TPSA) is 50.2 Å². The molecule has 3 nitrogen and oxygen atoms in total. The molecule has 3 fully saturated rings. The Labute approximate surface area is 150 Å². The van der Waals surface area contributed by atoms with E-state index in [0.717, 1.165) is 44.2 Å². The van der Waals surface area contributed by atoms with Gasteiger partial charge < -0.3 is 10.1 Å². The molecule has 4 unspecified atom stereocenters. The number of allylic oxidation sites excluding steroid dienone is 4. The molecule has 3 heteroatoms. The lowest BCUT2D eigenvalue weighted by Crippen LogP contribution is -2.50. The van der Waals surface area contributed by atoms with Gasteiger partial charge in [0.1, 0.15) is 5.60 Å². The normalized spacial score (nSPS) is 48.4. The van der Waals surface area contributed by atoms with Gasteiger partial charge in [0.05, 0.1) is 0 Å². The number of esters is 1. The third-order valence-electron chi connectivity index (χ3n) is 8.71. The van der Waals surface area contributed by atoms with Gasteiger partial charge in [0.2, 0.25) is 0 Å². The first-order valence-electron chi connectivity index (χ1n) is 10.1. The Morgan fingerprint density at radius 3 is 2.72 bits per heavy atom. The number of fused-ring (bicyclic) bond motifs is 6. The molecule has 5 aliphatic rings. The zero-order valence-electron chi connectivity index (χ0n) is 15.5. The Balaban J connectivity index is 1.55. The molecule has 0 radical (unpaired) electrons. The molecule has 1 heterocycles. The second kappa shape index (κ2) is 4.86. The van der Waals surface area contributed by atoms with Gasteiger partial charge in [0.25, 0.3) is 0 Å². The largest absolute Gasteiger partial charge is 0.458 e. The van der Waals surface area contributed by atoms with E-state index < -0.39 is 0 Å². The molecule has 0 aromatic heterocycles. The maximum atomic E-state index is 11.9. The number of ether oxygens (including phenoxy) is 1. The van der Waals surface area contributed by atoms with Crippen LogP contribution in [0, 0.1) is 28.1 Å². The molecule has 25 heavy (non-hydrogen) atoms. The molecule has 0 bridgehead atoms. The number of hydrogen-bond donors (Lipinski definition) is 1. The van der Waals surface area contributed by atoms with Gasteiger partial charge in [-0.2, -0.15) is 0 Å². The minimum Gasteiger partial charge on any atom is -0.458 e. The summed E-state index contributed by atoms with van der Waals surface area (Å²) in [5.41, 5.74) is 4.06. The molecule has 1 aliphatic heterocycles. The summed E-state index contributed by atoms with van der Waals surface area (Å²) in [6.45, 7) is 4.83. The first-order chi connectivity index (χ1) is 11.9. The van der Waals surface area contributed by atoms with Crippen molar-refractivity contribution in [1.82, 2.24) is 0 Å². The van der Waals surface area contributed by atoms with E-state index >= 15 is 0 Å². The van der Waals surface area contributed by atoms with Gasteiger partial charge in [-0.25, -0.2) is 0 Å². The van der Waals surface area contributed by atoms with Crippen molar-refractivity contribution in [2.75, 3.05) is 0 Å². The van der Waals surface area contributed by atoms with Gasteiger partial charge >= 0.3 is 5.97 Å². The van der Waals surface area contributed by atoms with E-state index in [4.69, 9.17) is 10.1 Å². The van der Waals surface area contributed by atoms with Gasteiger partial charge in [0.15, 0.2) is 0 Å². The highest BCUT2D eigenvalue weighted by atomic mass is 16.6. The van der Waals surface area contributed by atoms with Gasteiger partial charge in [-0.05, 0) is 69.3 Å². The Hall–Kier alpha value is -1.38. The number of hydrogen-bond acceptors (Lipinski definition) is 3. The van der Waals surface area contributed by atoms with Crippen LogP contribution in [0.25, 0.3) is 0 Å². The molecule has 2 saturated carbocycles. The van der Waals surface area contributed by atoms with Crippen molar-refractivity contribution in [1.29, 1.82) is 5.41 Å². The standard InChI is InChI=1S/C22H29NO2/c1-20-9-5-15(23)13-14(20)3-4-16-17(20)6-10-21(2)18(16)7-11-22(21)12-8-19(24)25-22/h6,13,16,18,23H,3-5,7-12H2,1-2H3/t16?,18?,20?,21?,22-/m1/s1. The van der Waals surface area contributed by atoms with E-state index in [0.29, 0.717) is 18.3 Å². The van der Waals surface area contributed by atoms with E-state index in [1.807, 2.05) is 0 Å². The fourth-order valence-electron chi connectivity index (χ4n) is 7.17. The molecule has 0 aromatic carbocycles. The van der Waals surface area contributed by atoms with Crippen LogP contribution in [-0.4, -0.2) is 17.3 Å². The van der Waals surface area contributed by atoms with Crippen molar-refractivity contribution in [3.63, 3.8) is 0 Å². The highest BCUT2D eigenvalue weighted by Crippen LogP contribution is 2.67. The fraction of sp³-hybridized carbons (Fsp3) is 0.727. The SMILES string of the molecule is CC12CCC(=N)C=C1CCC1C2=CCC2(C)C1CC[C@@]21CCC(=O)O1. The van der Waals surface area contributed by atoms with Crippen molar-refractivity contribution in [3.8, 4) is 0 Å². The average molecular weight is 339 g/mol. The van der Waals surface area contributed by atoms with Gasteiger partial charge in [-0.15, -0.1) is 0 Å². The third kappa shape index (κ3) is 1.88. The molecule has 134 valence electrons. The summed E-state index contributed by atoms with van der Waals surface area (Å²) in [6, 6.07) is 0. The molecule has 5 atom stereocenters. The van der Waals surface area contributed by atoms with Crippen LogP contribution in [0.1, 0.15) is 71.6 Å². The first kappa shape index (κ1) is 15.8. The van der Waals surface area contributed by atoms with Crippen molar-refractivity contribution in [2.24, 2.45) is 22.7 Å². The molecule has 1 spiro atoms. The Bertz CT molecular complexity index is 734. The number of rotatable bonds is 0. The lowest BCUT2D eigenvalue weighted by molar-refractivity contribution is -0.160. The Kier molecular flexibility index (Phi) is 3.08. The summed E-state index contributed by atoms with van der Waals surface area (Å²) in [7, 11) is 0. The molecule has 0 aromatic rings. The van der Waals surface area contributed by atoms with E-state index in [2.05, 4.69) is 26.0 Å². The zero-order chi connectivity index (χ0) is 17.4. The maximum absolute atomic E-state index is 11.9. The van der Waals surface area contributed by atoms with Crippen LogP contribution in [0.5, 0.6) is 0 Å². The quantitative estimate of drug-likeness (QED) is 0.500. The summed E-state index contributed by atoms with van der Waals surface area (Å²) in [5, 5.41) is 8.06. The van der Waals surface area contributed by atoms with Crippen LogP contribution in [0.3, 0.4) is 0 Å². The summed E-state index contributed by atoms with van der Waals surface area (Å²) >= 11 is 0. The van der Waals surface area contributed by atoms with Crippen LogP contribution in [0.2, 0.25) is 0 Å². The molecule has 5 rings (SSSR count). The average Bonchev–Trinajstić information content (AvgIpc) is 3.10. The summed E-state index contributed by atoms with van der Waals surface area (Å²) in [4.78, 5) is 11.9. The minimum absolute atomic E-state index is 0.0169. The first-order valence-corrected chi connectivity index (χ1v) is 10.1. The third-order valence-corrected chi connectivity index (χ3v) is 8.71. The fourth-order valence-corrected chi connectivity index (χ4v) is 7.17. The Morgan fingerprint density at radius 1 is 1.12 bits per heavy atom. The molecular weight excluding hydrogens is 310 g/mol. The highest BCUT2D eigenvalue weighted by molar-refractivity contribution is 5.94. The van der Waals surface area contributed by atoms with Gasteiger partial charge in [-0.3, -0.25) is 4.79 Å². The predicted molar refractivity (Wildman–Crippen MR) is 97.5 cm³/mol. The lowest BCUT2D eigenvalue weighted by Gasteiger charge is -2.55. The Morgan fingerprint density at radius 2 is 1.96 bits per heavy atom. The van der Waals surface area contributed by atoms with Crippen LogP contribution >= 0.6 is 0 Å². The van der Waals surface area contributed by atoms with Crippen LogP contribution in [0.4, 0.5) is 0 Å². The molecule has 4 aliphatic carbocycles. The predicted octanol–water partition coefficient (Wildman–Crippen LogP) is 4.96. The number of nitrogens with one attached hydrogen (secondary N) is 1. The summed E-state index contributed by atoms with van der Waals surface area (Å²) in [5.74, 6) is 1.31. The maximum Gasteiger partial charge on any atom is 0.306 e. The highest BCUT2D eigenvalue weighted by Gasteiger charge is 2.65. The monoisotopic (exact) mass is 339 g/mol. The van der Waals surface area contributed by atoms with Crippen molar-refractivity contribution in [2.45, 2.75) is 77.2 Å². The second-order valence-electron chi connectivity index (χ2n) is 9.57. The summed E-state index contributed by atoms with van der Waals surface area (Å²) in [6.07, 6.45) is 13.9. The van der Waals surface area contributed by atoms with Crippen LogP contribution < -0.4 is 0 Å². The molecule has 1 N–H and O–H groups in total. The minimum atomic E-state index is -0.192. The number of carbonyl (C=O) groups is 1. The van der Waals surface area contributed by atoms with E-state index in [-0.39, 0.29) is 22.4 Å². The van der Waals surface area contributed by atoms with Gasteiger partial charge in [0, 0.05) is 23.0 Å². The zero-order valence-corrected chi connectivity index (χ0v) is 15.5. The second-order valence-corrected chi connectivity index (χ2v) is 9.57. The van der Waals surface area contributed by atoms with E-state index in [1.54, 1.807) is 5.57 Å². The smallest absolute Gasteiger partial charge is 0.306 e. The van der Waals surface area contributed by atoms with E-state index in [9.17, 15) is 4.79 Å². The van der Waals surface area contributed by atoms with Crippen molar-refractivity contribution >= 4 is 11.7 Å². The van der Waals surface area contributed by atoms with Gasteiger partial charge in [-0.1, -0.05) is 31.1 Å². The molecule has 1 saturated heterocycles. The molecule has 0 amide bonds. The lowest BCUT2D eigenvalue weighted by atomic mass is 9.50.